The summed E-state index contributed by atoms with van der Waals surface area (Å²) in [6, 6.07) is 1.81. The zero-order chi connectivity index (χ0) is 15.0. The molecule has 21 heavy (non-hydrogen) atoms. The van der Waals surface area contributed by atoms with Gasteiger partial charge in [-0.1, -0.05) is 11.3 Å². The molecule has 0 saturated carbocycles. The van der Waals surface area contributed by atoms with Crippen molar-refractivity contribution >= 4 is 15.9 Å². The third-order valence-corrected chi connectivity index (χ3v) is 3.67. The number of aromatic nitrogens is 4. The van der Waals surface area contributed by atoms with Crippen LogP contribution in [0.5, 0.6) is 0 Å². The van der Waals surface area contributed by atoms with Crippen LogP contribution in [0.25, 0.3) is 11.3 Å². The van der Waals surface area contributed by atoms with Gasteiger partial charge in [-0.15, -0.1) is 5.10 Å². The summed E-state index contributed by atoms with van der Waals surface area (Å²) in [6.45, 7) is 3.40. The Balaban J connectivity index is 2.05. The summed E-state index contributed by atoms with van der Waals surface area (Å²) in [4.78, 5) is 29.6. The number of hydrogen-bond donors (Lipinski definition) is 2. The van der Waals surface area contributed by atoms with Crippen LogP contribution in [0, 0.1) is 6.92 Å². The quantitative estimate of drug-likeness (QED) is 0.742. The van der Waals surface area contributed by atoms with Crippen LogP contribution in [0.3, 0.4) is 0 Å². The summed E-state index contributed by atoms with van der Waals surface area (Å²) < 4.78 is 0. The van der Waals surface area contributed by atoms with Gasteiger partial charge >= 0.3 is 5.69 Å². The first-order chi connectivity index (χ1) is 10.0. The number of nitrogens with one attached hydrogen (secondary N) is 2. The van der Waals surface area contributed by atoms with E-state index in [1.807, 2.05) is 13.0 Å². The van der Waals surface area contributed by atoms with E-state index in [4.69, 9.17) is 0 Å². The second-order valence-electron chi connectivity index (χ2n) is 4.80. The normalized spacial score (nSPS) is 14.4. The Bertz CT molecular complexity index is 839. The Hall–Kier alpha value is -2.48. The van der Waals surface area contributed by atoms with Crippen molar-refractivity contribution in [1.29, 1.82) is 0 Å². The number of nitrogens with zero attached hydrogens (tertiary/aromatic N) is 3. The largest absolute Gasteiger partial charge is 0.363 e. The van der Waals surface area contributed by atoms with Crippen molar-refractivity contribution in [3.05, 3.63) is 50.1 Å². The first kappa shape index (κ1) is 13.5. The second kappa shape index (κ2) is 5.13. The molecule has 7 nitrogen and oxygen atoms in total. The molecule has 2 aromatic rings. The molecule has 8 heteroatoms. The second-order valence-corrected chi connectivity index (χ2v) is 5.44. The van der Waals surface area contributed by atoms with E-state index in [0.717, 1.165) is 29.7 Å². The Morgan fingerprint density at radius 1 is 1.33 bits per heavy atom. The van der Waals surface area contributed by atoms with E-state index >= 15 is 0 Å². The van der Waals surface area contributed by atoms with Crippen molar-refractivity contribution in [3.8, 4) is 11.3 Å². The van der Waals surface area contributed by atoms with Crippen LogP contribution in [-0.4, -0.2) is 43.5 Å². The Labute approximate surface area is 123 Å². The lowest BCUT2D eigenvalue weighted by molar-refractivity contribution is 0.923. The molecule has 1 aliphatic heterocycles. The molecule has 0 bridgehead atoms. The van der Waals surface area contributed by atoms with Gasteiger partial charge in [0.1, 0.15) is 5.69 Å². The van der Waals surface area contributed by atoms with E-state index in [2.05, 4.69) is 41.4 Å². The van der Waals surface area contributed by atoms with Gasteiger partial charge in [-0.25, -0.2) is 4.79 Å². The molecule has 0 fully saturated rings. The standard InChI is InChI=1S/C13H12N5O2Si/c1-7-11(18-3-2-8(21)6-18)4-10(17-16-7)9-5-14-13(20)15-12(9)19/h2,4-5H,3,6H2,1H3,(H2,14,15,19,20). The summed E-state index contributed by atoms with van der Waals surface area (Å²) >= 11 is 0. The molecule has 3 radical (unpaired) electrons. The zero-order valence-corrected chi connectivity index (χ0v) is 12.3. The lowest BCUT2D eigenvalue weighted by Gasteiger charge is -2.20. The molecule has 0 aromatic carbocycles. The molecule has 0 saturated heterocycles. The minimum Gasteiger partial charge on any atom is -0.363 e. The molecular weight excluding hydrogens is 286 g/mol. The minimum atomic E-state index is -0.545. The van der Waals surface area contributed by atoms with Crippen LogP contribution in [0.15, 0.2) is 33.1 Å². The molecule has 0 amide bonds. The molecule has 1 aliphatic rings. The van der Waals surface area contributed by atoms with E-state index in [1.165, 1.54) is 6.20 Å². The molecule has 0 atom stereocenters. The maximum Gasteiger partial charge on any atom is 0.325 e. The van der Waals surface area contributed by atoms with Crippen molar-refractivity contribution in [2.45, 2.75) is 6.92 Å². The van der Waals surface area contributed by atoms with Gasteiger partial charge in [0.05, 0.1) is 27.2 Å². The topological polar surface area (TPSA) is 94.7 Å². The maximum absolute atomic E-state index is 11.8. The molecule has 0 aliphatic carbocycles. The number of anilines is 1. The van der Waals surface area contributed by atoms with E-state index in [1.54, 1.807) is 0 Å². The molecule has 3 heterocycles. The van der Waals surface area contributed by atoms with Gasteiger partial charge in [0.25, 0.3) is 5.56 Å². The average Bonchev–Trinajstić information content (AvgIpc) is 2.86. The highest BCUT2D eigenvalue weighted by Crippen LogP contribution is 2.24. The highest BCUT2D eigenvalue weighted by atomic mass is 28.1. The van der Waals surface area contributed by atoms with Gasteiger partial charge in [-0.05, 0) is 13.0 Å². The molecule has 0 spiro atoms. The summed E-state index contributed by atoms with van der Waals surface area (Å²) in [7, 11) is 3.52. The van der Waals surface area contributed by atoms with Crippen molar-refractivity contribution in [2.75, 3.05) is 18.0 Å². The smallest absolute Gasteiger partial charge is 0.325 e. The number of rotatable bonds is 2. The number of aryl methyl sites for hydroxylation is 1. The molecule has 0 unspecified atom stereocenters. The van der Waals surface area contributed by atoms with Crippen molar-refractivity contribution in [1.82, 2.24) is 20.2 Å². The number of hydrogen-bond acceptors (Lipinski definition) is 5. The van der Waals surface area contributed by atoms with E-state index < -0.39 is 11.2 Å². The highest BCUT2D eigenvalue weighted by Gasteiger charge is 2.17. The average molecular weight is 298 g/mol. The Morgan fingerprint density at radius 3 is 2.81 bits per heavy atom. The number of H-pyrrole nitrogens is 2. The molecule has 3 rings (SSSR count). The predicted octanol–water partition coefficient (Wildman–Crippen LogP) is -0.299. The minimum absolute atomic E-state index is 0.286. The van der Waals surface area contributed by atoms with Gasteiger partial charge < -0.3 is 9.88 Å². The van der Waals surface area contributed by atoms with Crippen LogP contribution < -0.4 is 16.1 Å². The molecule has 105 valence electrons. The first-order valence-corrected chi connectivity index (χ1v) is 6.87. The van der Waals surface area contributed by atoms with Crippen LogP contribution in [0.1, 0.15) is 5.69 Å². The molecule has 2 aromatic heterocycles. The van der Waals surface area contributed by atoms with E-state index in [-0.39, 0.29) is 5.56 Å². The summed E-state index contributed by atoms with van der Waals surface area (Å²) in [5.74, 6) is 0. The van der Waals surface area contributed by atoms with E-state index in [9.17, 15) is 9.59 Å². The fourth-order valence-corrected chi connectivity index (χ4v) is 2.52. The third kappa shape index (κ3) is 2.57. The summed E-state index contributed by atoms with van der Waals surface area (Å²) in [5.41, 5.74) is 1.38. The van der Waals surface area contributed by atoms with Crippen molar-refractivity contribution in [2.24, 2.45) is 0 Å². The Morgan fingerprint density at radius 2 is 2.14 bits per heavy atom. The zero-order valence-electron chi connectivity index (χ0n) is 11.3. The van der Waals surface area contributed by atoms with Gasteiger partial charge in [0, 0.05) is 19.3 Å². The first-order valence-electron chi connectivity index (χ1n) is 6.37. The number of aromatic amines is 2. The molecular formula is C13H12N5O2Si. The van der Waals surface area contributed by atoms with Gasteiger partial charge in [-0.2, -0.15) is 5.10 Å². The van der Waals surface area contributed by atoms with Crippen LogP contribution in [0.2, 0.25) is 0 Å². The summed E-state index contributed by atoms with van der Waals surface area (Å²) in [5, 5.41) is 9.26. The van der Waals surface area contributed by atoms with Gasteiger partial charge in [0.15, 0.2) is 0 Å². The maximum atomic E-state index is 11.8. The van der Waals surface area contributed by atoms with Crippen molar-refractivity contribution in [3.63, 3.8) is 0 Å². The fourth-order valence-electron chi connectivity index (χ4n) is 2.23. The lowest BCUT2D eigenvalue weighted by Crippen LogP contribution is -2.24. The predicted molar refractivity (Wildman–Crippen MR) is 79.5 cm³/mol. The highest BCUT2D eigenvalue weighted by molar-refractivity contribution is 6.22. The molecule has 2 N–H and O–H groups in total. The fraction of sp³-hybridized carbons (Fsp3) is 0.231. The lowest BCUT2D eigenvalue weighted by atomic mass is 10.2. The van der Waals surface area contributed by atoms with Crippen LogP contribution in [-0.2, 0) is 0 Å². The SMILES string of the molecule is Cc1nnc(-c2c[nH]c(=O)[nH]c2=O)cc1N1CC=C([Si])C1. The van der Waals surface area contributed by atoms with Crippen LogP contribution >= 0.6 is 0 Å². The van der Waals surface area contributed by atoms with E-state index in [0.29, 0.717) is 5.69 Å². The summed E-state index contributed by atoms with van der Waals surface area (Å²) in [6.07, 6.45) is 3.42. The third-order valence-electron chi connectivity index (χ3n) is 3.31. The van der Waals surface area contributed by atoms with Crippen molar-refractivity contribution < 1.29 is 0 Å². The van der Waals surface area contributed by atoms with Crippen LogP contribution in [0.4, 0.5) is 5.69 Å². The Kier molecular flexibility index (Phi) is 3.30. The van der Waals surface area contributed by atoms with Gasteiger partial charge in [-0.3, -0.25) is 9.78 Å². The van der Waals surface area contributed by atoms with Gasteiger partial charge in [0.2, 0.25) is 0 Å². The monoisotopic (exact) mass is 298 g/mol.